The number of aryl methyl sites for hydroxylation is 1. The quantitative estimate of drug-likeness (QED) is 0.864. The number of benzene rings is 1. The van der Waals surface area contributed by atoms with Gasteiger partial charge in [-0.25, -0.2) is 0 Å². The van der Waals surface area contributed by atoms with E-state index in [0.717, 1.165) is 5.56 Å². The van der Waals surface area contributed by atoms with E-state index >= 15 is 0 Å². The van der Waals surface area contributed by atoms with Crippen LogP contribution in [0.3, 0.4) is 0 Å². The highest BCUT2D eigenvalue weighted by Gasteiger charge is 2.14. The average Bonchev–Trinajstić information content (AvgIpc) is 2.60. The van der Waals surface area contributed by atoms with Crippen LogP contribution in [0.4, 0.5) is 0 Å². The topological polar surface area (TPSA) is 78.8 Å². The lowest BCUT2D eigenvalue weighted by Crippen LogP contribution is -2.25. The predicted molar refractivity (Wildman–Crippen MR) is 89.0 cm³/mol. The van der Waals surface area contributed by atoms with Crippen molar-refractivity contribution in [2.75, 3.05) is 21.3 Å². The van der Waals surface area contributed by atoms with E-state index in [9.17, 15) is 9.59 Å². The number of methoxy groups -OCH3 is 3. The van der Waals surface area contributed by atoms with Crippen LogP contribution in [0, 0.1) is 0 Å². The third-order valence-corrected chi connectivity index (χ3v) is 3.54. The Morgan fingerprint density at radius 1 is 1.08 bits per heavy atom. The van der Waals surface area contributed by atoms with Crippen LogP contribution in [0.5, 0.6) is 17.2 Å². The van der Waals surface area contributed by atoms with Crippen molar-refractivity contribution in [3.05, 3.63) is 51.9 Å². The molecule has 2 rings (SSSR count). The number of hydrogen-bond acceptors (Lipinski definition) is 5. The molecule has 0 saturated heterocycles. The van der Waals surface area contributed by atoms with Gasteiger partial charge in [-0.2, -0.15) is 0 Å². The van der Waals surface area contributed by atoms with Crippen LogP contribution in [0.25, 0.3) is 0 Å². The smallest absolute Gasteiger partial charge is 0.251 e. The highest BCUT2D eigenvalue weighted by molar-refractivity contribution is 5.93. The summed E-state index contributed by atoms with van der Waals surface area (Å²) < 4.78 is 17.2. The molecular weight excluding hydrogens is 312 g/mol. The Labute approximate surface area is 139 Å². The van der Waals surface area contributed by atoms with Gasteiger partial charge in [0.05, 0.1) is 21.3 Å². The number of rotatable bonds is 6. The minimum absolute atomic E-state index is 0.240. The highest BCUT2D eigenvalue weighted by Crippen LogP contribution is 2.38. The summed E-state index contributed by atoms with van der Waals surface area (Å²) in [6.45, 7) is 0.255. The van der Waals surface area contributed by atoms with Gasteiger partial charge < -0.3 is 24.1 Å². The number of ether oxygens (including phenoxy) is 3. The molecule has 1 amide bonds. The fraction of sp³-hybridized carbons (Fsp3) is 0.294. The maximum atomic E-state index is 12.2. The van der Waals surface area contributed by atoms with E-state index in [0.29, 0.717) is 22.8 Å². The van der Waals surface area contributed by atoms with Crippen LogP contribution >= 0.6 is 0 Å². The summed E-state index contributed by atoms with van der Waals surface area (Å²) in [6.07, 6.45) is 1.55. The van der Waals surface area contributed by atoms with Crippen molar-refractivity contribution in [2.24, 2.45) is 7.05 Å². The minimum Gasteiger partial charge on any atom is -0.493 e. The van der Waals surface area contributed by atoms with Crippen molar-refractivity contribution in [2.45, 2.75) is 6.54 Å². The van der Waals surface area contributed by atoms with Crippen LogP contribution < -0.4 is 25.1 Å². The standard InChI is InChI=1S/C17H20N2O5/c1-19-6-5-12(9-15(19)20)17(21)18-10-11-7-13(22-2)16(24-4)14(8-11)23-3/h5-9H,10H2,1-4H3,(H,18,21). The second-order valence-corrected chi connectivity index (χ2v) is 5.08. The van der Waals surface area contributed by atoms with Crippen LogP contribution in [0.15, 0.2) is 35.3 Å². The lowest BCUT2D eigenvalue weighted by molar-refractivity contribution is 0.0950. The summed E-state index contributed by atoms with van der Waals surface area (Å²) in [5, 5.41) is 2.76. The molecule has 1 N–H and O–H groups in total. The predicted octanol–water partition coefficient (Wildman–Crippen LogP) is 1.34. The summed E-state index contributed by atoms with van der Waals surface area (Å²) >= 11 is 0. The summed E-state index contributed by atoms with van der Waals surface area (Å²) in [5.41, 5.74) is 0.850. The molecular formula is C17H20N2O5. The van der Waals surface area contributed by atoms with E-state index < -0.39 is 0 Å². The van der Waals surface area contributed by atoms with E-state index in [1.807, 2.05) is 0 Å². The molecule has 0 bridgehead atoms. The van der Waals surface area contributed by atoms with Crippen LogP contribution in [0.2, 0.25) is 0 Å². The number of nitrogens with one attached hydrogen (secondary N) is 1. The first-order valence-corrected chi connectivity index (χ1v) is 7.24. The molecule has 0 unspecified atom stereocenters. The van der Waals surface area contributed by atoms with Crippen molar-refractivity contribution in [1.82, 2.24) is 9.88 Å². The Morgan fingerprint density at radius 2 is 1.71 bits per heavy atom. The monoisotopic (exact) mass is 332 g/mol. The number of carbonyl (C=O) groups excluding carboxylic acids is 1. The van der Waals surface area contributed by atoms with Gasteiger partial charge in [-0.3, -0.25) is 9.59 Å². The van der Waals surface area contributed by atoms with Crippen molar-refractivity contribution >= 4 is 5.91 Å². The first kappa shape index (κ1) is 17.4. The van der Waals surface area contributed by atoms with Gasteiger partial charge in [0.15, 0.2) is 11.5 Å². The van der Waals surface area contributed by atoms with E-state index in [1.54, 1.807) is 31.4 Å². The van der Waals surface area contributed by atoms with Crippen molar-refractivity contribution < 1.29 is 19.0 Å². The molecule has 0 spiro atoms. The molecule has 0 fully saturated rings. The largest absolute Gasteiger partial charge is 0.493 e. The van der Waals surface area contributed by atoms with Crippen LogP contribution in [-0.4, -0.2) is 31.8 Å². The summed E-state index contributed by atoms with van der Waals surface area (Å²) in [5.74, 6) is 1.17. The molecule has 1 aromatic heterocycles. The molecule has 0 aliphatic heterocycles. The molecule has 0 radical (unpaired) electrons. The van der Waals surface area contributed by atoms with Gasteiger partial charge >= 0.3 is 0 Å². The fourth-order valence-corrected chi connectivity index (χ4v) is 2.21. The molecule has 7 heteroatoms. The van der Waals surface area contributed by atoms with Crippen LogP contribution in [-0.2, 0) is 13.6 Å². The lowest BCUT2D eigenvalue weighted by Gasteiger charge is -2.14. The van der Waals surface area contributed by atoms with E-state index in [-0.39, 0.29) is 18.0 Å². The fourth-order valence-electron chi connectivity index (χ4n) is 2.21. The van der Waals surface area contributed by atoms with Gasteiger partial charge in [-0.1, -0.05) is 0 Å². The maximum absolute atomic E-state index is 12.2. The second-order valence-electron chi connectivity index (χ2n) is 5.08. The van der Waals surface area contributed by atoms with E-state index in [1.165, 1.54) is 32.0 Å². The highest BCUT2D eigenvalue weighted by atomic mass is 16.5. The lowest BCUT2D eigenvalue weighted by atomic mass is 10.1. The van der Waals surface area contributed by atoms with Crippen molar-refractivity contribution in [3.8, 4) is 17.2 Å². The Kier molecular flexibility index (Phi) is 5.47. The zero-order valence-corrected chi connectivity index (χ0v) is 14.1. The number of pyridine rings is 1. The number of aromatic nitrogens is 1. The second kappa shape index (κ2) is 7.54. The third-order valence-electron chi connectivity index (χ3n) is 3.54. The van der Waals surface area contributed by atoms with E-state index in [4.69, 9.17) is 14.2 Å². The molecule has 24 heavy (non-hydrogen) atoms. The number of hydrogen-bond donors (Lipinski definition) is 1. The zero-order valence-electron chi connectivity index (χ0n) is 14.1. The van der Waals surface area contributed by atoms with Gasteiger partial charge in [0.25, 0.3) is 11.5 Å². The number of nitrogens with zero attached hydrogens (tertiary/aromatic N) is 1. The van der Waals surface area contributed by atoms with Gasteiger partial charge in [0.2, 0.25) is 5.75 Å². The first-order valence-electron chi connectivity index (χ1n) is 7.24. The molecule has 0 aliphatic rings. The van der Waals surface area contributed by atoms with Gasteiger partial charge in [0.1, 0.15) is 0 Å². The van der Waals surface area contributed by atoms with Crippen LogP contribution in [0.1, 0.15) is 15.9 Å². The van der Waals surface area contributed by atoms with E-state index in [2.05, 4.69) is 5.32 Å². The summed E-state index contributed by atoms with van der Waals surface area (Å²) in [6, 6.07) is 6.40. The Hall–Kier alpha value is -2.96. The van der Waals surface area contributed by atoms with Crippen molar-refractivity contribution in [1.29, 1.82) is 0 Å². The zero-order chi connectivity index (χ0) is 17.7. The SMILES string of the molecule is COc1cc(CNC(=O)c2ccn(C)c(=O)c2)cc(OC)c1OC. The number of amides is 1. The molecule has 0 atom stereocenters. The molecule has 1 heterocycles. The van der Waals surface area contributed by atoms with Gasteiger partial charge in [-0.05, 0) is 23.8 Å². The molecule has 7 nitrogen and oxygen atoms in total. The Morgan fingerprint density at radius 3 is 2.21 bits per heavy atom. The molecule has 1 aromatic carbocycles. The van der Waals surface area contributed by atoms with Crippen molar-refractivity contribution in [3.63, 3.8) is 0 Å². The molecule has 0 saturated carbocycles. The van der Waals surface area contributed by atoms with Gasteiger partial charge in [-0.15, -0.1) is 0 Å². The van der Waals surface area contributed by atoms with Gasteiger partial charge in [0, 0.05) is 31.4 Å². The normalized spacial score (nSPS) is 10.2. The molecule has 2 aromatic rings. The maximum Gasteiger partial charge on any atom is 0.251 e. The first-order chi connectivity index (χ1) is 11.5. The summed E-state index contributed by atoms with van der Waals surface area (Å²) in [4.78, 5) is 23.8. The average molecular weight is 332 g/mol. The summed E-state index contributed by atoms with van der Waals surface area (Å²) in [7, 11) is 6.20. The number of carbonyl (C=O) groups is 1. The molecule has 128 valence electrons. The minimum atomic E-state index is -0.332. The molecule has 0 aliphatic carbocycles. The Bertz CT molecular complexity index is 773. The third kappa shape index (κ3) is 3.68. The Balaban J connectivity index is 2.17.